The first-order chi connectivity index (χ1) is 9.91. The molecular weight excluding hydrogens is 262 g/mol. The molecule has 1 aromatic rings. The number of amides is 1. The normalized spacial score (nSPS) is 17.0. The van der Waals surface area contributed by atoms with Gasteiger partial charge in [0.15, 0.2) is 0 Å². The minimum Gasteiger partial charge on any atom is -0.324 e. The SMILES string of the molecule is CC(C)c1cccc(NC(=O)C(C)(C)N2CCNCC2)c1. The van der Waals surface area contributed by atoms with E-state index in [1.807, 2.05) is 26.0 Å². The van der Waals surface area contributed by atoms with Gasteiger partial charge in [-0.25, -0.2) is 0 Å². The van der Waals surface area contributed by atoms with Crippen LogP contribution in [0.15, 0.2) is 24.3 Å². The Morgan fingerprint density at radius 3 is 2.57 bits per heavy atom. The Kier molecular flexibility index (Phi) is 5.01. The zero-order valence-corrected chi connectivity index (χ0v) is 13.6. The maximum Gasteiger partial charge on any atom is 0.244 e. The number of nitrogens with one attached hydrogen (secondary N) is 2. The van der Waals surface area contributed by atoms with Gasteiger partial charge in [0.05, 0.1) is 5.54 Å². The number of carbonyl (C=O) groups excluding carboxylic acids is 1. The third-order valence-electron chi connectivity index (χ3n) is 4.27. The lowest BCUT2D eigenvalue weighted by Crippen LogP contribution is -2.58. The van der Waals surface area contributed by atoms with Gasteiger partial charge < -0.3 is 10.6 Å². The molecule has 2 rings (SSSR count). The Bertz CT molecular complexity index is 491. The Morgan fingerprint density at radius 1 is 1.29 bits per heavy atom. The third kappa shape index (κ3) is 3.83. The summed E-state index contributed by atoms with van der Waals surface area (Å²) < 4.78 is 0. The van der Waals surface area contributed by atoms with E-state index >= 15 is 0 Å². The standard InChI is InChI=1S/C17H27N3O/c1-13(2)14-6-5-7-15(12-14)19-16(21)17(3,4)20-10-8-18-9-11-20/h5-7,12-13,18H,8-11H2,1-4H3,(H,19,21). The minimum absolute atomic E-state index is 0.0605. The lowest BCUT2D eigenvalue weighted by molar-refractivity contribution is -0.126. The Morgan fingerprint density at radius 2 is 1.95 bits per heavy atom. The van der Waals surface area contributed by atoms with Crippen LogP contribution in [-0.4, -0.2) is 42.5 Å². The van der Waals surface area contributed by atoms with Gasteiger partial charge in [0.2, 0.25) is 5.91 Å². The van der Waals surface area contributed by atoms with Crippen LogP contribution in [0.5, 0.6) is 0 Å². The summed E-state index contributed by atoms with van der Waals surface area (Å²) in [4.78, 5) is 14.9. The van der Waals surface area contributed by atoms with E-state index in [0.29, 0.717) is 5.92 Å². The molecule has 2 N–H and O–H groups in total. The summed E-state index contributed by atoms with van der Waals surface area (Å²) in [6.45, 7) is 12.0. The van der Waals surface area contributed by atoms with Crippen molar-refractivity contribution in [1.82, 2.24) is 10.2 Å². The molecule has 1 aliphatic heterocycles. The molecule has 1 heterocycles. The number of benzene rings is 1. The molecule has 1 fully saturated rings. The fourth-order valence-electron chi connectivity index (χ4n) is 2.63. The largest absolute Gasteiger partial charge is 0.324 e. The smallest absolute Gasteiger partial charge is 0.244 e. The second kappa shape index (κ2) is 6.58. The van der Waals surface area contributed by atoms with E-state index < -0.39 is 5.54 Å². The Balaban J connectivity index is 2.07. The lowest BCUT2D eigenvalue weighted by atomic mass is 9.99. The molecule has 1 amide bonds. The van der Waals surface area contributed by atoms with Crippen molar-refractivity contribution in [2.45, 2.75) is 39.2 Å². The van der Waals surface area contributed by atoms with E-state index in [9.17, 15) is 4.79 Å². The van der Waals surface area contributed by atoms with Crippen LogP contribution >= 0.6 is 0 Å². The number of hydrogen-bond donors (Lipinski definition) is 2. The van der Waals surface area contributed by atoms with E-state index in [4.69, 9.17) is 0 Å². The van der Waals surface area contributed by atoms with Crippen LogP contribution in [0.1, 0.15) is 39.2 Å². The zero-order valence-electron chi connectivity index (χ0n) is 13.6. The molecule has 21 heavy (non-hydrogen) atoms. The zero-order chi connectivity index (χ0) is 15.5. The van der Waals surface area contributed by atoms with Crippen molar-refractivity contribution in [3.63, 3.8) is 0 Å². The molecule has 1 saturated heterocycles. The van der Waals surface area contributed by atoms with Crippen molar-refractivity contribution in [1.29, 1.82) is 0 Å². The van der Waals surface area contributed by atoms with Crippen molar-refractivity contribution in [3.8, 4) is 0 Å². The van der Waals surface area contributed by atoms with E-state index in [0.717, 1.165) is 31.9 Å². The van der Waals surface area contributed by atoms with Crippen molar-refractivity contribution in [3.05, 3.63) is 29.8 Å². The van der Waals surface area contributed by atoms with Gasteiger partial charge in [-0.05, 0) is 37.5 Å². The van der Waals surface area contributed by atoms with Crippen LogP contribution in [0.3, 0.4) is 0 Å². The average molecular weight is 289 g/mol. The molecule has 116 valence electrons. The highest BCUT2D eigenvalue weighted by atomic mass is 16.2. The van der Waals surface area contributed by atoms with Crippen LogP contribution in [0, 0.1) is 0 Å². The number of hydrogen-bond acceptors (Lipinski definition) is 3. The summed E-state index contributed by atoms with van der Waals surface area (Å²) in [7, 11) is 0. The average Bonchev–Trinajstić information content (AvgIpc) is 2.48. The topological polar surface area (TPSA) is 44.4 Å². The molecule has 4 nitrogen and oxygen atoms in total. The Hall–Kier alpha value is -1.39. The highest BCUT2D eigenvalue weighted by Crippen LogP contribution is 2.21. The van der Waals surface area contributed by atoms with Crippen molar-refractivity contribution < 1.29 is 4.79 Å². The highest BCUT2D eigenvalue weighted by Gasteiger charge is 2.35. The van der Waals surface area contributed by atoms with Gasteiger partial charge in [-0.1, -0.05) is 26.0 Å². The Labute approximate surface area is 127 Å². The number of carbonyl (C=O) groups is 1. The summed E-state index contributed by atoms with van der Waals surface area (Å²) in [5.74, 6) is 0.522. The first kappa shape index (κ1) is 16.0. The molecule has 0 spiro atoms. The number of rotatable bonds is 4. The summed E-state index contributed by atoms with van der Waals surface area (Å²) >= 11 is 0. The van der Waals surface area contributed by atoms with E-state index in [2.05, 4.69) is 41.5 Å². The van der Waals surface area contributed by atoms with Crippen LogP contribution in [0.25, 0.3) is 0 Å². The molecule has 4 heteroatoms. The van der Waals surface area contributed by atoms with E-state index in [1.54, 1.807) is 0 Å². The number of piperazine rings is 1. The van der Waals surface area contributed by atoms with E-state index in [1.165, 1.54) is 5.56 Å². The maximum atomic E-state index is 12.6. The molecule has 1 aromatic carbocycles. The van der Waals surface area contributed by atoms with Gasteiger partial charge in [0.1, 0.15) is 0 Å². The minimum atomic E-state index is -0.490. The third-order valence-corrected chi connectivity index (χ3v) is 4.27. The second-order valence-corrected chi connectivity index (χ2v) is 6.53. The van der Waals surface area contributed by atoms with E-state index in [-0.39, 0.29) is 5.91 Å². The van der Waals surface area contributed by atoms with Crippen molar-refractivity contribution in [2.75, 3.05) is 31.5 Å². The van der Waals surface area contributed by atoms with Crippen molar-refractivity contribution >= 4 is 11.6 Å². The first-order valence-corrected chi connectivity index (χ1v) is 7.78. The van der Waals surface area contributed by atoms with Gasteiger partial charge >= 0.3 is 0 Å². The van der Waals surface area contributed by atoms with Crippen LogP contribution in [-0.2, 0) is 4.79 Å². The quantitative estimate of drug-likeness (QED) is 0.895. The second-order valence-electron chi connectivity index (χ2n) is 6.53. The molecule has 0 bridgehead atoms. The number of anilines is 1. The molecule has 0 aromatic heterocycles. The van der Waals surface area contributed by atoms with Crippen LogP contribution in [0.4, 0.5) is 5.69 Å². The van der Waals surface area contributed by atoms with Gasteiger partial charge in [-0.2, -0.15) is 0 Å². The van der Waals surface area contributed by atoms with Crippen LogP contribution < -0.4 is 10.6 Å². The summed E-state index contributed by atoms with van der Waals surface area (Å²) in [5, 5.41) is 6.40. The maximum absolute atomic E-state index is 12.6. The molecule has 0 aliphatic carbocycles. The lowest BCUT2D eigenvalue weighted by Gasteiger charge is -2.39. The molecule has 0 saturated carbocycles. The molecule has 0 atom stereocenters. The molecule has 0 unspecified atom stereocenters. The molecule has 1 aliphatic rings. The van der Waals surface area contributed by atoms with Gasteiger partial charge in [-0.3, -0.25) is 9.69 Å². The highest BCUT2D eigenvalue weighted by molar-refractivity contribution is 5.97. The van der Waals surface area contributed by atoms with Crippen LogP contribution in [0.2, 0.25) is 0 Å². The monoisotopic (exact) mass is 289 g/mol. The first-order valence-electron chi connectivity index (χ1n) is 7.78. The van der Waals surface area contributed by atoms with Gasteiger partial charge in [0, 0.05) is 31.9 Å². The predicted octanol–water partition coefficient (Wildman–Crippen LogP) is 2.43. The molecular formula is C17H27N3O. The summed E-state index contributed by atoms with van der Waals surface area (Å²) in [5.41, 5.74) is 1.64. The summed E-state index contributed by atoms with van der Waals surface area (Å²) in [6, 6.07) is 8.12. The molecule has 0 radical (unpaired) electrons. The summed E-state index contributed by atoms with van der Waals surface area (Å²) in [6.07, 6.45) is 0. The fourth-order valence-corrected chi connectivity index (χ4v) is 2.63. The number of nitrogens with zero attached hydrogens (tertiary/aromatic N) is 1. The predicted molar refractivity (Wildman–Crippen MR) is 87.7 cm³/mol. The van der Waals surface area contributed by atoms with Gasteiger partial charge in [0.25, 0.3) is 0 Å². The van der Waals surface area contributed by atoms with Crippen molar-refractivity contribution in [2.24, 2.45) is 0 Å². The fraction of sp³-hybridized carbons (Fsp3) is 0.588. The van der Waals surface area contributed by atoms with Gasteiger partial charge in [-0.15, -0.1) is 0 Å².